The van der Waals surface area contributed by atoms with Crippen LogP contribution >= 0.6 is 11.6 Å². The van der Waals surface area contributed by atoms with E-state index in [0.717, 1.165) is 35.7 Å². The van der Waals surface area contributed by atoms with Crippen LogP contribution in [0.4, 0.5) is 0 Å². The van der Waals surface area contributed by atoms with Gasteiger partial charge in [0.2, 0.25) is 0 Å². The normalized spacial score (nSPS) is 12.0. The smallest absolute Gasteiger partial charge is 0.261 e. The Labute approximate surface area is 220 Å². The summed E-state index contributed by atoms with van der Waals surface area (Å²) in [7, 11) is -2.51. The molecule has 0 saturated carbocycles. The quantitative estimate of drug-likeness (QED) is 0.142. The summed E-state index contributed by atoms with van der Waals surface area (Å²) in [5, 5.41) is 14.0. The second kappa shape index (κ2) is 11.4. The minimum atomic E-state index is -2.51. The molecule has 0 unspecified atom stereocenters. The Hall–Kier alpha value is -2.97. The van der Waals surface area contributed by atoms with Gasteiger partial charge >= 0.3 is 0 Å². The van der Waals surface area contributed by atoms with Gasteiger partial charge in [-0.3, -0.25) is 4.98 Å². The van der Waals surface area contributed by atoms with Crippen molar-refractivity contribution in [1.82, 2.24) is 4.98 Å². The van der Waals surface area contributed by atoms with Crippen LogP contribution in [0.5, 0.6) is 0 Å². The van der Waals surface area contributed by atoms with Crippen LogP contribution in [0.1, 0.15) is 50.4 Å². The van der Waals surface area contributed by atoms with Crippen LogP contribution in [0.2, 0.25) is 5.04 Å². The number of benzene rings is 3. The molecule has 3 nitrogen and oxygen atoms in total. The van der Waals surface area contributed by atoms with Crippen molar-refractivity contribution in [3.63, 3.8) is 0 Å². The molecule has 0 atom stereocenters. The first-order chi connectivity index (χ1) is 17.4. The topological polar surface area (TPSA) is 45.9 Å². The van der Waals surface area contributed by atoms with E-state index in [9.17, 15) is 5.26 Å². The third-order valence-electron chi connectivity index (χ3n) is 6.90. The third kappa shape index (κ3) is 5.25. The lowest BCUT2D eigenvalue weighted by molar-refractivity contribution is 0.288. The van der Waals surface area contributed by atoms with Crippen LogP contribution in [-0.2, 0) is 16.7 Å². The van der Waals surface area contributed by atoms with Crippen molar-refractivity contribution >= 4 is 41.1 Å². The van der Waals surface area contributed by atoms with Gasteiger partial charge in [-0.05, 0) is 57.8 Å². The van der Waals surface area contributed by atoms with E-state index in [-0.39, 0.29) is 5.04 Å². The summed E-state index contributed by atoms with van der Waals surface area (Å²) in [6, 6.07) is 29.6. The fraction of sp³-hybridized carbons (Fsp3) is 0.290. The maximum Gasteiger partial charge on any atom is 0.261 e. The fourth-order valence-corrected chi connectivity index (χ4v) is 10.0. The zero-order valence-corrected chi connectivity index (χ0v) is 23.1. The highest BCUT2D eigenvalue weighted by Crippen LogP contribution is 2.37. The molecule has 0 amide bonds. The fourth-order valence-electron chi connectivity index (χ4n) is 5.18. The van der Waals surface area contributed by atoms with Gasteiger partial charge < -0.3 is 4.43 Å². The van der Waals surface area contributed by atoms with Crippen LogP contribution in [0.3, 0.4) is 0 Å². The number of hydrogen-bond donors (Lipinski definition) is 0. The van der Waals surface area contributed by atoms with Gasteiger partial charge in [-0.15, -0.1) is 11.6 Å². The molecule has 4 rings (SSSR count). The predicted octanol–water partition coefficient (Wildman–Crippen LogP) is 6.74. The van der Waals surface area contributed by atoms with E-state index in [1.165, 1.54) is 15.9 Å². The molecule has 3 aromatic carbocycles. The molecular formula is C31H33ClN2OSi. The lowest BCUT2D eigenvalue weighted by Crippen LogP contribution is -2.66. The highest BCUT2D eigenvalue weighted by molar-refractivity contribution is 6.99. The second-order valence-electron chi connectivity index (χ2n) is 10.2. The number of alkyl halides is 1. The van der Waals surface area contributed by atoms with Crippen molar-refractivity contribution in [2.24, 2.45) is 0 Å². The SMILES string of the molecule is CC(C)(C)[Si](OCCCCc1c(CCl)ncc2cc(C#N)ccc12)(c1ccccc1)c1ccccc1. The number of aryl methyl sites for hydroxylation is 1. The predicted molar refractivity (Wildman–Crippen MR) is 153 cm³/mol. The van der Waals surface area contributed by atoms with E-state index in [0.29, 0.717) is 18.1 Å². The first-order valence-electron chi connectivity index (χ1n) is 12.5. The molecule has 0 radical (unpaired) electrons. The number of unbranched alkanes of at least 4 members (excludes halogenated alkanes) is 1. The Bertz CT molecular complexity index is 1300. The van der Waals surface area contributed by atoms with Gasteiger partial charge in [-0.2, -0.15) is 5.26 Å². The van der Waals surface area contributed by atoms with Crippen LogP contribution in [0.15, 0.2) is 85.1 Å². The Kier molecular flexibility index (Phi) is 8.26. The van der Waals surface area contributed by atoms with Crippen molar-refractivity contribution in [3.8, 4) is 6.07 Å². The first kappa shape index (κ1) is 26.1. The molecule has 0 aliphatic carbocycles. The van der Waals surface area contributed by atoms with Crippen LogP contribution in [0, 0.1) is 11.3 Å². The van der Waals surface area contributed by atoms with Crippen molar-refractivity contribution in [2.45, 2.75) is 51.0 Å². The molecule has 0 spiro atoms. The molecule has 0 aliphatic heterocycles. The van der Waals surface area contributed by atoms with Gasteiger partial charge in [-0.25, -0.2) is 0 Å². The van der Waals surface area contributed by atoms with E-state index in [4.69, 9.17) is 16.0 Å². The number of rotatable bonds is 9. The number of nitrogens with zero attached hydrogens (tertiary/aromatic N) is 2. The molecule has 36 heavy (non-hydrogen) atoms. The van der Waals surface area contributed by atoms with Gasteiger partial charge in [0.1, 0.15) is 0 Å². The Morgan fingerprint density at radius 3 is 2.11 bits per heavy atom. The summed E-state index contributed by atoms with van der Waals surface area (Å²) >= 11 is 6.24. The number of nitriles is 1. The van der Waals surface area contributed by atoms with Gasteiger partial charge in [0.15, 0.2) is 0 Å². The van der Waals surface area contributed by atoms with Crippen molar-refractivity contribution < 1.29 is 4.43 Å². The molecule has 0 bridgehead atoms. The van der Waals surface area contributed by atoms with Gasteiger partial charge in [-0.1, -0.05) is 87.5 Å². The zero-order chi connectivity index (χ0) is 25.6. The van der Waals surface area contributed by atoms with E-state index in [1.54, 1.807) is 0 Å². The molecule has 4 aromatic rings. The Morgan fingerprint density at radius 1 is 0.917 bits per heavy atom. The van der Waals surface area contributed by atoms with Crippen molar-refractivity contribution in [1.29, 1.82) is 5.26 Å². The van der Waals surface area contributed by atoms with E-state index >= 15 is 0 Å². The summed E-state index contributed by atoms with van der Waals surface area (Å²) in [6.07, 6.45) is 4.62. The molecular weight excluding hydrogens is 480 g/mol. The largest absolute Gasteiger partial charge is 0.407 e. The highest BCUT2D eigenvalue weighted by Gasteiger charge is 2.49. The van der Waals surface area contributed by atoms with Crippen LogP contribution < -0.4 is 10.4 Å². The average Bonchev–Trinajstić information content (AvgIpc) is 2.90. The molecule has 5 heteroatoms. The molecule has 184 valence electrons. The van der Waals surface area contributed by atoms with Crippen LogP contribution in [0.25, 0.3) is 10.8 Å². The lowest BCUT2D eigenvalue weighted by atomic mass is 9.98. The lowest BCUT2D eigenvalue weighted by Gasteiger charge is -2.43. The van der Waals surface area contributed by atoms with Gasteiger partial charge in [0.05, 0.1) is 23.2 Å². The Balaban J connectivity index is 1.55. The van der Waals surface area contributed by atoms with Gasteiger partial charge in [0, 0.05) is 18.2 Å². The van der Waals surface area contributed by atoms with E-state index in [1.807, 2.05) is 24.4 Å². The monoisotopic (exact) mass is 512 g/mol. The number of pyridine rings is 1. The summed E-state index contributed by atoms with van der Waals surface area (Å²) in [6.45, 7) is 7.62. The second-order valence-corrected chi connectivity index (χ2v) is 14.8. The van der Waals surface area contributed by atoms with Crippen LogP contribution in [-0.4, -0.2) is 19.9 Å². The minimum absolute atomic E-state index is 0.0283. The highest BCUT2D eigenvalue weighted by atomic mass is 35.5. The molecule has 0 saturated heterocycles. The number of halogens is 1. The summed E-state index contributed by atoms with van der Waals surface area (Å²) in [5.41, 5.74) is 2.74. The van der Waals surface area contributed by atoms with Gasteiger partial charge in [0.25, 0.3) is 8.32 Å². The number of aromatic nitrogens is 1. The summed E-state index contributed by atoms with van der Waals surface area (Å²) < 4.78 is 7.04. The van der Waals surface area contributed by atoms with E-state index < -0.39 is 8.32 Å². The third-order valence-corrected chi connectivity index (χ3v) is 12.2. The number of fused-ring (bicyclic) bond motifs is 1. The minimum Gasteiger partial charge on any atom is -0.407 e. The van der Waals surface area contributed by atoms with Crippen molar-refractivity contribution in [2.75, 3.05) is 6.61 Å². The maximum atomic E-state index is 9.25. The zero-order valence-electron chi connectivity index (χ0n) is 21.3. The molecule has 0 fully saturated rings. The van der Waals surface area contributed by atoms with E-state index in [2.05, 4.69) is 92.5 Å². The van der Waals surface area contributed by atoms with Crippen molar-refractivity contribution in [3.05, 3.63) is 102 Å². The molecule has 0 N–H and O–H groups in total. The first-order valence-corrected chi connectivity index (χ1v) is 15.0. The molecule has 0 aliphatic rings. The standard InChI is InChI=1S/C31H33ClN2OSi/c1-31(2,3)36(26-12-6-4-7-13-26,27-14-8-5-9-15-27)35-19-11-10-16-29-28-18-17-24(22-33)20-25(28)23-34-30(29)21-32/h4-9,12-15,17-18,20,23H,10-11,16,19,21H2,1-3H3. The molecule has 1 aromatic heterocycles. The maximum absolute atomic E-state index is 9.25. The summed E-state index contributed by atoms with van der Waals surface area (Å²) in [4.78, 5) is 4.58. The number of hydrogen-bond acceptors (Lipinski definition) is 3. The summed E-state index contributed by atoms with van der Waals surface area (Å²) in [5.74, 6) is 0.379. The molecule has 1 heterocycles. The Morgan fingerprint density at radius 2 is 1.56 bits per heavy atom. The average molecular weight is 513 g/mol.